The highest BCUT2D eigenvalue weighted by Gasteiger charge is 2.49. The summed E-state index contributed by atoms with van der Waals surface area (Å²) < 4.78 is 0. The summed E-state index contributed by atoms with van der Waals surface area (Å²) in [4.78, 5) is 12.4. The van der Waals surface area contributed by atoms with Crippen LogP contribution < -0.4 is 0 Å². The molecule has 1 heteroatoms. The van der Waals surface area contributed by atoms with Crippen LogP contribution in [0.25, 0.3) is 0 Å². The summed E-state index contributed by atoms with van der Waals surface area (Å²) >= 11 is 0. The lowest BCUT2D eigenvalue weighted by Gasteiger charge is -2.24. The predicted octanol–water partition coefficient (Wildman–Crippen LogP) is 3.45. The first-order valence-corrected chi connectivity index (χ1v) is 5.90. The second kappa shape index (κ2) is 3.19. The molecule has 0 heterocycles. The van der Waals surface area contributed by atoms with Gasteiger partial charge in [0.05, 0.1) is 0 Å². The first-order chi connectivity index (χ1) is 7.30. The van der Waals surface area contributed by atoms with Crippen molar-refractivity contribution in [2.24, 2.45) is 11.3 Å². The maximum absolute atomic E-state index is 12.4. The standard InChI is InChI=1S/C14H16O/c15-13(12-4-2-1-3-5-12)14-8-6-11(10-14)7-9-14/h1-5,11H,6-10H2. The number of hydrogen-bond donors (Lipinski definition) is 0. The lowest BCUT2D eigenvalue weighted by atomic mass is 9.78. The van der Waals surface area contributed by atoms with Gasteiger partial charge in [0.2, 0.25) is 0 Å². The van der Waals surface area contributed by atoms with Gasteiger partial charge in [-0.25, -0.2) is 0 Å². The number of fused-ring (bicyclic) bond motifs is 2. The lowest BCUT2D eigenvalue weighted by molar-refractivity contribution is 0.0803. The maximum Gasteiger partial charge on any atom is 0.169 e. The monoisotopic (exact) mass is 200 g/mol. The van der Waals surface area contributed by atoms with Crippen molar-refractivity contribution >= 4 is 5.78 Å². The Kier molecular flexibility index (Phi) is 1.95. The van der Waals surface area contributed by atoms with E-state index in [4.69, 9.17) is 0 Å². The molecule has 0 atom stereocenters. The quantitative estimate of drug-likeness (QED) is 0.668. The second-order valence-electron chi connectivity index (χ2n) is 5.12. The fraction of sp³-hybridized carbons (Fsp3) is 0.500. The zero-order valence-corrected chi connectivity index (χ0v) is 8.91. The Morgan fingerprint density at radius 3 is 2.33 bits per heavy atom. The normalized spacial score (nSPS) is 33.2. The van der Waals surface area contributed by atoms with Gasteiger partial charge in [-0.2, -0.15) is 0 Å². The number of benzene rings is 1. The Hall–Kier alpha value is -1.11. The molecular weight excluding hydrogens is 184 g/mol. The molecule has 0 radical (unpaired) electrons. The lowest BCUT2D eigenvalue weighted by Crippen LogP contribution is -2.26. The third-order valence-corrected chi connectivity index (χ3v) is 4.26. The van der Waals surface area contributed by atoms with E-state index < -0.39 is 0 Å². The van der Waals surface area contributed by atoms with Crippen molar-refractivity contribution in [1.29, 1.82) is 0 Å². The molecule has 0 amide bonds. The van der Waals surface area contributed by atoms with E-state index in [0.29, 0.717) is 5.78 Å². The van der Waals surface area contributed by atoms with Crippen LogP contribution in [0.1, 0.15) is 42.5 Å². The van der Waals surface area contributed by atoms with Gasteiger partial charge in [-0.15, -0.1) is 0 Å². The summed E-state index contributed by atoms with van der Waals surface area (Å²) in [6.45, 7) is 0. The zero-order valence-electron chi connectivity index (χ0n) is 8.91. The van der Waals surface area contributed by atoms with Gasteiger partial charge >= 0.3 is 0 Å². The van der Waals surface area contributed by atoms with Crippen LogP contribution in [0.3, 0.4) is 0 Å². The van der Waals surface area contributed by atoms with Crippen LogP contribution in [0.15, 0.2) is 30.3 Å². The van der Waals surface area contributed by atoms with Crippen LogP contribution in [0, 0.1) is 11.3 Å². The molecule has 3 rings (SSSR count). The highest BCUT2D eigenvalue weighted by Crippen LogP contribution is 2.55. The molecule has 0 aromatic heterocycles. The van der Waals surface area contributed by atoms with Gasteiger partial charge in [-0.3, -0.25) is 4.79 Å². The maximum atomic E-state index is 12.4. The molecule has 2 saturated carbocycles. The Labute approximate surface area is 90.5 Å². The van der Waals surface area contributed by atoms with E-state index in [0.717, 1.165) is 30.7 Å². The number of carbonyl (C=O) groups excluding carboxylic acids is 1. The molecule has 0 spiro atoms. The molecule has 1 aromatic carbocycles. The van der Waals surface area contributed by atoms with Crippen molar-refractivity contribution in [2.75, 3.05) is 0 Å². The molecule has 15 heavy (non-hydrogen) atoms. The largest absolute Gasteiger partial charge is 0.294 e. The van der Waals surface area contributed by atoms with E-state index in [-0.39, 0.29) is 5.41 Å². The summed E-state index contributed by atoms with van der Waals surface area (Å²) in [7, 11) is 0. The van der Waals surface area contributed by atoms with Crippen LogP contribution in [-0.2, 0) is 0 Å². The summed E-state index contributed by atoms with van der Waals surface area (Å²) in [6.07, 6.45) is 5.97. The smallest absolute Gasteiger partial charge is 0.169 e. The topological polar surface area (TPSA) is 17.1 Å². The number of carbonyl (C=O) groups is 1. The van der Waals surface area contributed by atoms with Gasteiger partial charge in [-0.1, -0.05) is 30.3 Å². The Bertz CT molecular complexity index is 372. The van der Waals surface area contributed by atoms with Gasteiger partial charge in [-0.05, 0) is 38.0 Å². The Balaban J connectivity index is 1.92. The molecule has 78 valence electrons. The first-order valence-electron chi connectivity index (χ1n) is 5.90. The minimum atomic E-state index is 0.0338. The van der Waals surface area contributed by atoms with E-state index in [9.17, 15) is 4.79 Å². The molecule has 2 aliphatic carbocycles. The highest BCUT2D eigenvalue weighted by molar-refractivity contribution is 6.00. The molecular formula is C14H16O. The van der Waals surface area contributed by atoms with Crippen LogP contribution in [0.2, 0.25) is 0 Å². The summed E-state index contributed by atoms with van der Waals surface area (Å²) in [5, 5.41) is 0. The Morgan fingerprint density at radius 1 is 1.13 bits per heavy atom. The number of hydrogen-bond acceptors (Lipinski definition) is 1. The molecule has 0 saturated heterocycles. The van der Waals surface area contributed by atoms with Crippen LogP contribution in [-0.4, -0.2) is 5.78 Å². The molecule has 1 aromatic rings. The van der Waals surface area contributed by atoms with Crippen molar-refractivity contribution < 1.29 is 4.79 Å². The van der Waals surface area contributed by atoms with Crippen molar-refractivity contribution in [1.82, 2.24) is 0 Å². The highest BCUT2D eigenvalue weighted by atomic mass is 16.1. The molecule has 0 aliphatic heterocycles. The van der Waals surface area contributed by atoms with E-state index in [1.807, 2.05) is 30.3 Å². The van der Waals surface area contributed by atoms with Crippen molar-refractivity contribution in [2.45, 2.75) is 32.1 Å². The fourth-order valence-corrected chi connectivity index (χ4v) is 3.41. The van der Waals surface area contributed by atoms with E-state index in [2.05, 4.69) is 0 Å². The third-order valence-electron chi connectivity index (χ3n) is 4.26. The average molecular weight is 200 g/mol. The minimum absolute atomic E-state index is 0.0338. The van der Waals surface area contributed by atoms with Gasteiger partial charge in [0, 0.05) is 11.0 Å². The van der Waals surface area contributed by atoms with E-state index in [1.165, 1.54) is 12.8 Å². The van der Waals surface area contributed by atoms with Crippen LogP contribution in [0.4, 0.5) is 0 Å². The van der Waals surface area contributed by atoms with Crippen molar-refractivity contribution in [3.63, 3.8) is 0 Å². The molecule has 2 fully saturated rings. The van der Waals surface area contributed by atoms with Gasteiger partial charge < -0.3 is 0 Å². The SMILES string of the molecule is O=C(c1ccccc1)C12CCC(CC1)C2. The molecule has 1 nitrogen and oxygen atoms in total. The summed E-state index contributed by atoms with van der Waals surface area (Å²) in [5.41, 5.74) is 0.950. The fourth-order valence-electron chi connectivity index (χ4n) is 3.41. The molecule has 0 unspecified atom stereocenters. The van der Waals surface area contributed by atoms with Crippen molar-refractivity contribution in [3.8, 4) is 0 Å². The molecule has 2 bridgehead atoms. The number of Topliss-reactive ketones (excluding diaryl/α,β-unsaturated/α-hetero) is 1. The Morgan fingerprint density at radius 2 is 1.80 bits per heavy atom. The summed E-state index contributed by atoms with van der Waals surface area (Å²) in [6, 6.07) is 9.82. The third kappa shape index (κ3) is 1.33. The second-order valence-corrected chi connectivity index (χ2v) is 5.12. The average Bonchev–Trinajstić information content (AvgIpc) is 2.90. The first kappa shape index (κ1) is 9.14. The van der Waals surface area contributed by atoms with E-state index in [1.54, 1.807) is 0 Å². The van der Waals surface area contributed by atoms with Gasteiger partial charge in [0.1, 0.15) is 0 Å². The number of ketones is 1. The van der Waals surface area contributed by atoms with Crippen molar-refractivity contribution in [3.05, 3.63) is 35.9 Å². The summed E-state index contributed by atoms with van der Waals surface area (Å²) in [5.74, 6) is 1.25. The van der Waals surface area contributed by atoms with Crippen LogP contribution in [0.5, 0.6) is 0 Å². The zero-order chi connectivity index (χ0) is 10.3. The number of rotatable bonds is 2. The van der Waals surface area contributed by atoms with Gasteiger partial charge in [0.15, 0.2) is 5.78 Å². The molecule has 2 aliphatic rings. The van der Waals surface area contributed by atoms with E-state index >= 15 is 0 Å². The predicted molar refractivity (Wildman–Crippen MR) is 59.8 cm³/mol. The van der Waals surface area contributed by atoms with Crippen LogP contribution >= 0.6 is 0 Å². The van der Waals surface area contributed by atoms with Gasteiger partial charge in [0.25, 0.3) is 0 Å². The minimum Gasteiger partial charge on any atom is -0.294 e. The molecule has 0 N–H and O–H groups in total.